The number of anilines is 1. The van der Waals surface area contributed by atoms with Crippen molar-refractivity contribution in [3.8, 4) is 0 Å². The topological polar surface area (TPSA) is 86.8 Å². The minimum atomic E-state index is -4.21. The number of benzene rings is 3. The number of rotatable bonds is 11. The molecule has 0 aliphatic rings. The van der Waals surface area contributed by atoms with E-state index in [2.05, 4.69) is 5.32 Å². The van der Waals surface area contributed by atoms with Gasteiger partial charge in [0.05, 0.1) is 10.6 Å². The van der Waals surface area contributed by atoms with E-state index in [0.717, 1.165) is 4.31 Å². The van der Waals surface area contributed by atoms with E-state index in [-0.39, 0.29) is 29.1 Å². The van der Waals surface area contributed by atoms with Crippen LogP contribution in [0.5, 0.6) is 0 Å². The Morgan fingerprint density at radius 3 is 2.15 bits per heavy atom. The van der Waals surface area contributed by atoms with Crippen LogP contribution in [0.25, 0.3) is 0 Å². The van der Waals surface area contributed by atoms with E-state index in [0.29, 0.717) is 32.6 Å². The first-order valence-corrected chi connectivity index (χ1v) is 15.3. The Hall–Kier alpha value is -2.78. The van der Waals surface area contributed by atoms with E-state index in [4.69, 9.17) is 34.8 Å². The molecular weight excluding hydrogens is 593 g/mol. The minimum absolute atomic E-state index is 0.00503. The fourth-order valence-electron chi connectivity index (χ4n) is 3.99. The number of carbonyl (C=O) groups is 2. The molecule has 2 atom stereocenters. The van der Waals surface area contributed by atoms with Crippen LogP contribution in [0.2, 0.25) is 15.1 Å². The summed E-state index contributed by atoms with van der Waals surface area (Å²) < 4.78 is 28.8. The number of halogens is 3. The maximum atomic E-state index is 14.1. The second-order valence-electron chi connectivity index (χ2n) is 9.47. The molecule has 3 rings (SSSR count). The Bertz CT molecular complexity index is 1450. The van der Waals surface area contributed by atoms with E-state index in [1.165, 1.54) is 23.1 Å². The smallest absolute Gasteiger partial charge is 0.264 e. The van der Waals surface area contributed by atoms with E-state index in [9.17, 15) is 18.0 Å². The average molecular weight is 625 g/mol. The van der Waals surface area contributed by atoms with Gasteiger partial charge < -0.3 is 10.2 Å². The van der Waals surface area contributed by atoms with E-state index < -0.39 is 28.5 Å². The minimum Gasteiger partial charge on any atom is -0.352 e. The van der Waals surface area contributed by atoms with Gasteiger partial charge in [0.15, 0.2) is 0 Å². The zero-order valence-electron chi connectivity index (χ0n) is 22.7. The SMILES string of the molecule is CC[C@H](C)NC(=O)[C@H](C)N(Cc1c(Cl)cccc1Cl)C(=O)CN(c1cc(Cl)ccc1C)S(=O)(=O)c1ccccc1. The summed E-state index contributed by atoms with van der Waals surface area (Å²) in [5.74, 6) is -1.01. The van der Waals surface area contributed by atoms with Gasteiger partial charge in [0.25, 0.3) is 10.0 Å². The molecule has 0 aliphatic heterocycles. The molecule has 3 aromatic carbocycles. The second kappa shape index (κ2) is 13.7. The molecule has 0 aliphatic carbocycles. The molecule has 0 heterocycles. The molecule has 0 aromatic heterocycles. The molecule has 40 heavy (non-hydrogen) atoms. The molecular formula is C29H32Cl3N3O4S. The van der Waals surface area contributed by atoms with E-state index in [1.54, 1.807) is 62.4 Å². The Morgan fingerprint density at radius 2 is 1.55 bits per heavy atom. The van der Waals surface area contributed by atoms with Crippen molar-refractivity contribution in [1.82, 2.24) is 10.2 Å². The molecule has 2 amide bonds. The first-order valence-electron chi connectivity index (χ1n) is 12.7. The number of nitrogens with one attached hydrogen (secondary N) is 1. The van der Waals surface area contributed by atoms with Crippen molar-refractivity contribution >= 4 is 62.3 Å². The lowest BCUT2D eigenvalue weighted by Crippen LogP contribution is -2.52. The van der Waals surface area contributed by atoms with E-state index >= 15 is 0 Å². The van der Waals surface area contributed by atoms with Gasteiger partial charge in [-0.3, -0.25) is 13.9 Å². The molecule has 0 bridgehead atoms. The highest BCUT2D eigenvalue weighted by Gasteiger charge is 2.34. The first-order chi connectivity index (χ1) is 18.9. The van der Waals surface area contributed by atoms with Gasteiger partial charge >= 0.3 is 0 Å². The predicted molar refractivity (Wildman–Crippen MR) is 162 cm³/mol. The zero-order chi connectivity index (χ0) is 29.6. The van der Waals surface area contributed by atoms with Gasteiger partial charge in [-0.15, -0.1) is 0 Å². The van der Waals surface area contributed by atoms with Crippen molar-refractivity contribution in [3.05, 3.63) is 92.9 Å². The summed E-state index contributed by atoms with van der Waals surface area (Å²) in [4.78, 5) is 28.5. The molecule has 214 valence electrons. The lowest BCUT2D eigenvalue weighted by atomic mass is 10.1. The number of carbonyl (C=O) groups excluding carboxylic acids is 2. The number of hydrogen-bond acceptors (Lipinski definition) is 4. The number of sulfonamides is 1. The van der Waals surface area contributed by atoms with Crippen molar-refractivity contribution in [2.24, 2.45) is 0 Å². The summed E-state index contributed by atoms with van der Waals surface area (Å²) in [5, 5.41) is 3.83. The number of hydrogen-bond donors (Lipinski definition) is 1. The predicted octanol–water partition coefficient (Wildman–Crippen LogP) is 6.48. The van der Waals surface area contributed by atoms with E-state index in [1.807, 2.05) is 13.8 Å². The summed E-state index contributed by atoms with van der Waals surface area (Å²) in [5.41, 5.74) is 1.29. The van der Waals surface area contributed by atoms with Crippen LogP contribution >= 0.6 is 34.8 Å². The highest BCUT2D eigenvalue weighted by Crippen LogP contribution is 2.31. The summed E-state index contributed by atoms with van der Waals surface area (Å²) in [6, 6.07) is 16.5. The Kier molecular flexibility index (Phi) is 10.9. The average Bonchev–Trinajstić information content (AvgIpc) is 2.92. The molecule has 0 fully saturated rings. The van der Waals surface area contributed by atoms with Crippen LogP contribution in [0, 0.1) is 6.92 Å². The fraction of sp³-hybridized carbons (Fsp3) is 0.310. The lowest BCUT2D eigenvalue weighted by molar-refractivity contribution is -0.139. The fourth-order valence-corrected chi connectivity index (χ4v) is 6.16. The van der Waals surface area contributed by atoms with Crippen LogP contribution in [0.4, 0.5) is 5.69 Å². The largest absolute Gasteiger partial charge is 0.352 e. The normalized spacial score (nSPS) is 12.9. The summed E-state index contributed by atoms with van der Waals surface area (Å²) in [7, 11) is -4.21. The molecule has 0 spiro atoms. The molecule has 11 heteroatoms. The Balaban J connectivity index is 2.10. The monoisotopic (exact) mass is 623 g/mol. The zero-order valence-corrected chi connectivity index (χ0v) is 25.8. The Morgan fingerprint density at radius 1 is 0.925 bits per heavy atom. The van der Waals surface area contributed by atoms with Crippen molar-refractivity contribution in [2.75, 3.05) is 10.8 Å². The molecule has 7 nitrogen and oxygen atoms in total. The summed E-state index contributed by atoms with van der Waals surface area (Å²) in [6.45, 7) is 6.40. The van der Waals surface area contributed by atoms with Crippen molar-refractivity contribution in [1.29, 1.82) is 0 Å². The number of aryl methyl sites for hydroxylation is 1. The number of amides is 2. The third-order valence-electron chi connectivity index (χ3n) is 6.61. The molecule has 3 aromatic rings. The standard InChI is InChI=1S/C29H32Cl3N3O4S/c1-5-20(3)33-29(37)21(4)34(17-24-25(31)12-9-13-26(24)32)28(36)18-35(27-16-22(30)15-14-19(27)2)40(38,39)23-10-7-6-8-11-23/h6-16,20-21H,5,17-18H2,1-4H3,(H,33,37)/t20-,21-/m0/s1. The van der Waals surface area contributed by atoms with Crippen LogP contribution in [-0.2, 0) is 26.2 Å². The summed E-state index contributed by atoms with van der Waals surface area (Å²) in [6.07, 6.45) is 0.694. The first kappa shape index (κ1) is 31.7. The van der Waals surface area contributed by atoms with Crippen molar-refractivity contribution in [3.63, 3.8) is 0 Å². The molecule has 0 saturated carbocycles. The van der Waals surface area contributed by atoms with Gasteiger partial charge in [-0.25, -0.2) is 8.42 Å². The van der Waals surface area contributed by atoms with Crippen LogP contribution in [0.1, 0.15) is 38.3 Å². The van der Waals surface area contributed by atoms with Gasteiger partial charge in [0.2, 0.25) is 11.8 Å². The molecule has 0 saturated heterocycles. The van der Waals surface area contributed by atoms with Crippen LogP contribution in [-0.4, -0.2) is 43.8 Å². The summed E-state index contributed by atoms with van der Waals surface area (Å²) >= 11 is 19.1. The van der Waals surface area contributed by atoms with Crippen LogP contribution < -0.4 is 9.62 Å². The molecule has 0 radical (unpaired) electrons. The molecule has 1 N–H and O–H groups in total. The lowest BCUT2D eigenvalue weighted by Gasteiger charge is -2.33. The maximum absolute atomic E-state index is 14.1. The third-order valence-corrected chi connectivity index (χ3v) is 9.33. The Labute approximate surface area is 251 Å². The van der Waals surface area contributed by atoms with Gasteiger partial charge in [-0.05, 0) is 69.2 Å². The van der Waals surface area contributed by atoms with Crippen LogP contribution in [0.3, 0.4) is 0 Å². The quantitative estimate of drug-likeness (QED) is 0.265. The van der Waals surface area contributed by atoms with Crippen LogP contribution in [0.15, 0.2) is 71.6 Å². The molecule has 0 unspecified atom stereocenters. The maximum Gasteiger partial charge on any atom is 0.264 e. The van der Waals surface area contributed by atoms with Gasteiger partial charge in [0.1, 0.15) is 12.6 Å². The second-order valence-corrected chi connectivity index (χ2v) is 12.6. The van der Waals surface area contributed by atoms with Crippen molar-refractivity contribution in [2.45, 2.75) is 57.6 Å². The highest BCUT2D eigenvalue weighted by molar-refractivity contribution is 7.92. The third kappa shape index (κ3) is 7.49. The number of nitrogens with zero attached hydrogens (tertiary/aromatic N) is 2. The van der Waals surface area contributed by atoms with Crippen molar-refractivity contribution < 1.29 is 18.0 Å². The van der Waals surface area contributed by atoms with Gasteiger partial charge in [-0.1, -0.05) is 72.1 Å². The van der Waals surface area contributed by atoms with Gasteiger partial charge in [-0.2, -0.15) is 0 Å². The van der Waals surface area contributed by atoms with Gasteiger partial charge in [0, 0.05) is 33.2 Å². The highest BCUT2D eigenvalue weighted by atomic mass is 35.5.